The molecule has 0 saturated heterocycles. The van der Waals surface area contributed by atoms with E-state index in [0.29, 0.717) is 17.9 Å². The lowest BCUT2D eigenvalue weighted by Gasteiger charge is -2.08. The van der Waals surface area contributed by atoms with Gasteiger partial charge in [-0.1, -0.05) is 12.1 Å². The summed E-state index contributed by atoms with van der Waals surface area (Å²) < 4.78 is 6.51. The Bertz CT molecular complexity index is 645. The molecule has 0 radical (unpaired) electrons. The highest BCUT2D eigenvalue weighted by molar-refractivity contribution is 14.1. The first-order valence-electron chi connectivity index (χ1n) is 6.31. The molecule has 0 aliphatic heterocycles. The quantitative estimate of drug-likeness (QED) is 0.794. The van der Waals surface area contributed by atoms with Crippen LogP contribution in [0.4, 0.5) is 5.69 Å². The van der Waals surface area contributed by atoms with Crippen LogP contribution in [-0.4, -0.2) is 12.5 Å². The first-order chi connectivity index (χ1) is 10.2. The Morgan fingerprint density at radius 1 is 1.14 bits per heavy atom. The summed E-state index contributed by atoms with van der Waals surface area (Å²) in [5, 5.41) is 11.3. The summed E-state index contributed by atoms with van der Waals surface area (Å²) in [4.78, 5) is 11.8. The summed E-state index contributed by atoms with van der Waals surface area (Å²) in [5.74, 6) is 0.441. The maximum Gasteiger partial charge on any atom is 0.262 e. The van der Waals surface area contributed by atoms with Crippen LogP contribution in [-0.2, 0) is 11.2 Å². The molecule has 2 aromatic rings. The Labute approximate surface area is 136 Å². The van der Waals surface area contributed by atoms with Crippen LogP contribution in [0.25, 0.3) is 0 Å². The van der Waals surface area contributed by atoms with Crippen molar-refractivity contribution in [3.63, 3.8) is 0 Å². The molecule has 0 spiro atoms. The standard InChI is InChI=1S/C16H13IN2O2/c17-13-3-7-15(8-4-13)21-11-16(20)19-14-5-1-12(2-6-14)9-10-18/h1-8H,9,11H2,(H,19,20). The van der Waals surface area contributed by atoms with Gasteiger partial charge in [0.25, 0.3) is 5.91 Å². The summed E-state index contributed by atoms with van der Waals surface area (Å²) in [6, 6.07) is 16.7. The van der Waals surface area contributed by atoms with Crippen molar-refractivity contribution in [1.82, 2.24) is 0 Å². The maximum absolute atomic E-state index is 11.8. The van der Waals surface area contributed by atoms with Crippen molar-refractivity contribution in [3.05, 3.63) is 57.7 Å². The van der Waals surface area contributed by atoms with E-state index in [1.165, 1.54) is 0 Å². The van der Waals surface area contributed by atoms with Crippen molar-refractivity contribution < 1.29 is 9.53 Å². The van der Waals surface area contributed by atoms with Gasteiger partial charge in [-0.2, -0.15) is 5.26 Å². The zero-order valence-corrected chi connectivity index (χ0v) is 13.3. The zero-order chi connectivity index (χ0) is 15.1. The molecule has 106 valence electrons. The average molecular weight is 392 g/mol. The third kappa shape index (κ3) is 5.08. The molecule has 0 atom stereocenters. The van der Waals surface area contributed by atoms with Crippen LogP contribution < -0.4 is 10.1 Å². The van der Waals surface area contributed by atoms with E-state index >= 15 is 0 Å². The molecule has 5 heteroatoms. The third-order valence-corrected chi connectivity index (χ3v) is 3.42. The molecule has 2 aromatic carbocycles. The second-order valence-corrected chi connectivity index (χ2v) is 5.57. The number of amides is 1. The van der Waals surface area contributed by atoms with Gasteiger partial charge in [-0.05, 0) is 64.6 Å². The van der Waals surface area contributed by atoms with Gasteiger partial charge in [0.2, 0.25) is 0 Å². The number of hydrogen-bond donors (Lipinski definition) is 1. The van der Waals surface area contributed by atoms with Gasteiger partial charge in [0.1, 0.15) is 5.75 Å². The second kappa shape index (κ2) is 7.64. The number of hydrogen-bond acceptors (Lipinski definition) is 3. The van der Waals surface area contributed by atoms with E-state index in [1.54, 1.807) is 12.1 Å². The lowest BCUT2D eigenvalue weighted by Crippen LogP contribution is -2.20. The molecule has 0 saturated carbocycles. The van der Waals surface area contributed by atoms with E-state index in [2.05, 4.69) is 34.0 Å². The molecular formula is C16H13IN2O2. The number of nitrogens with zero attached hydrogens (tertiary/aromatic N) is 1. The lowest BCUT2D eigenvalue weighted by atomic mass is 10.1. The molecule has 0 aliphatic rings. The molecule has 4 nitrogen and oxygen atoms in total. The van der Waals surface area contributed by atoms with Crippen LogP contribution in [0.2, 0.25) is 0 Å². The van der Waals surface area contributed by atoms with Crippen LogP contribution in [0.3, 0.4) is 0 Å². The largest absolute Gasteiger partial charge is 0.484 e. The molecule has 0 fully saturated rings. The summed E-state index contributed by atoms with van der Waals surface area (Å²) >= 11 is 2.21. The predicted octanol–water partition coefficient (Wildman–Crippen LogP) is 3.37. The molecule has 0 aromatic heterocycles. The van der Waals surface area contributed by atoms with Crippen LogP contribution in [0.5, 0.6) is 5.75 Å². The number of anilines is 1. The second-order valence-electron chi connectivity index (χ2n) is 4.32. The predicted molar refractivity (Wildman–Crippen MR) is 89.0 cm³/mol. The maximum atomic E-state index is 11.8. The smallest absolute Gasteiger partial charge is 0.262 e. The van der Waals surface area contributed by atoms with Gasteiger partial charge in [-0.3, -0.25) is 4.79 Å². The molecule has 0 unspecified atom stereocenters. The number of benzene rings is 2. The Balaban J connectivity index is 1.84. The zero-order valence-electron chi connectivity index (χ0n) is 11.2. The van der Waals surface area contributed by atoms with Crippen molar-refractivity contribution in [3.8, 4) is 11.8 Å². The molecule has 1 amide bonds. The van der Waals surface area contributed by atoms with Crippen molar-refractivity contribution in [2.45, 2.75) is 6.42 Å². The molecular weight excluding hydrogens is 379 g/mol. The van der Waals surface area contributed by atoms with Gasteiger partial charge in [-0.15, -0.1) is 0 Å². The highest BCUT2D eigenvalue weighted by atomic mass is 127. The average Bonchev–Trinajstić information content (AvgIpc) is 2.49. The SMILES string of the molecule is N#CCc1ccc(NC(=O)COc2ccc(I)cc2)cc1. The summed E-state index contributed by atoms with van der Waals surface area (Å²) in [6.07, 6.45) is 0.365. The molecule has 2 rings (SSSR count). The minimum atomic E-state index is -0.221. The number of nitriles is 1. The van der Waals surface area contributed by atoms with E-state index in [4.69, 9.17) is 10.00 Å². The molecule has 21 heavy (non-hydrogen) atoms. The van der Waals surface area contributed by atoms with E-state index in [1.807, 2.05) is 36.4 Å². The number of halogens is 1. The van der Waals surface area contributed by atoms with Gasteiger partial charge in [0, 0.05) is 9.26 Å². The minimum absolute atomic E-state index is 0.0411. The normalized spacial score (nSPS) is 9.71. The van der Waals surface area contributed by atoms with Crippen molar-refractivity contribution in [2.24, 2.45) is 0 Å². The van der Waals surface area contributed by atoms with Crippen molar-refractivity contribution in [1.29, 1.82) is 5.26 Å². The Morgan fingerprint density at radius 2 is 1.81 bits per heavy atom. The van der Waals surface area contributed by atoms with Gasteiger partial charge in [0.05, 0.1) is 12.5 Å². The highest BCUT2D eigenvalue weighted by Crippen LogP contribution is 2.14. The minimum Gasteiger partial charge on any atom is -0.484 e. The van der Waals surface area contributed by atoms with Crippen LogP contribution in [0.1, 0.15) is 5.56 Å². The van der Waals surface area contributed by atoms with Crippen molar-refractivity contribution in [2.75, 3.05) is 11.9 Å². The third-order valence-electron chi connectivity index (χ3n) is 2.70. The first-order valence-corrected chi connectivity index (χ1v) is 7.39. The Hall–Kier alpha value is -2.07. The number of rotatable bonds is 5. The molecule has 0 bridgehead atoms. The van der Waals surface area contributed by atoms with Crippen LogP contribution in [0, 0.1) is 14.9 Å². The number of carbonyl (C=O) groups is 1. The summed E-state index contributed by atoms with van der Waals surface area (Å²) in [7, 11) is 0. The summed E-state index contributed by atoms with van der Waals surface area (Å²) in [6.45, 7) is -0.0411. The number of ether oxygens (including phenoxy) is 1. The monoisotopic (exact) mass is 392 g/mol. The van der Waals surface area contributed by atoms with Gasteiger partial charge >= 0.3 is 0 Å². The van der Waals surface area contributed by atoms with Gasteiger partial charge in [0.15, 0.2) is 6.61 Å². The molecule has 0 heterocycles. The fraction of sp³-hybridized carbons (Fsp3) is 0.125. The van der Waals surface area contributed by atoms with E-state index in [9.17, 15) is 4.79 Å². The molecule has 1 N–H and O–H groups in total. The fourth-order valence-electron chi connectivity index (χ4n) is 1.67. The summed E-state index contributed by atoms with van der Waals surface area (Å²) in [5.41, 5.74) is 1.61. The fourth-order valence-corrected chi connectivity index (χ4v) is 2.03. The highest BCUT2D eigenvalue weighted by Gasteiger charge is 2.04. The number of nitrogens with one attached hydrogen (secondary N) is 1. The van der Waals surface area contributed by atoms with Crippen molar-refractivity contribution >= 4 is 34.2 Å². The number of carbonyl (C=O) groups excluding carboxylic acids is 1. The van der Waals surface area contributed by atoms with Crippen LogP contribution in [0.15, 0.2) is 48.5 Å². The van der Waals surface area contributed by atoms with Gasteiger partial charge in [-0.25, -0.2) is 0 Å². The van der Waals surface area contributed by atoms with E-state index in [-0.39, 0.29) is 12.5 Å². The van der Waals surface area contributed by atoms with E-state index < -0.39 is 0 Å². The van der Waals surface area contributed by atoms with Gasteiger partial charge < -0.3 is 10.1 Å². The Morgan fingerprint density at radius 3 is 2.43 bits per heavy atom. The lowest BCUT2D eigenvalue weighted by molar-refractivity contribution is -0.118. The molecule has 0 aliphatic carbocycles. The van der Waals surface area contributed by atoms with E-state index in [0.717, 1.165) is 9.13 Å². The topological polar surface area (TPSA) is 62.1 Å². The van der Waals surface area contributed by atoms with Crippen LogP contribution >= 0.6 is 22.6 Å². The Kier molecular flexibility index (Phi) is 5.58. The first kappa shape index (κ1) is 15.3.